The van der Waals surface area contributed by atoms with Gasteiger partial charge in [0.25, 0.3) is 0 Å². The van der Waals surface area contributed by atoms with E-state index in [1.54, 1.807) is 11.6 Å². The SMILES string of the molecule is Cc1nc(N[C@@H](C)c2ccn(C)n2)ncc1C(=O)O. The molecule has 2 N–H and O–H groups in total. The van der Waals surface area contributed by atoms with Crippen molar-refractivity contribution in [3.63, 3.8) is 0 Å². The third-order valence-electron chi connectivity index (χ3n) is 2.73. The van der Waals surface area contributed by atoms with Gasteiger partial charge in [0.05, 0.1) is 23.0 Å². The van der Waals surface area contributed by atoms with Gasteiger partial charge in [0.15, 0.2) is 0 Å². The predicted molar refractivity (Wildman–Crippen MR) is 69.0 cm³/mol. The van der Waals surface area contributed by atoms with Crippen molar-refractivity contribution in [3.8, 4) is 0 Å². The molecule has 1 atom stereocenters. The van der Waals surface area contributed by atoms with Crippen LogP contribution in [0.1, 0.15) is 34.7 Å². The number of aromatic carboxylic acids is 1. The quantitative estimate of drug-likeness (QED) is 0.864. The molecule has 100 valence electrons. The minimum atomic E-state index is -1.03. The van der Waals surface area contributed by atoms with Gasteiger partial charge in [0, 0.05) is 19.4 Å². The summed E-state index contributed by atoms with van der Waals surface area (Å²) in [6.45, 7) is 3.58. The highest BCUT2D eigenvalue weighted by Gasteiger charge is 2.13. The van der Waals surface area contributed by atoms with Crippen LogP contribution >= 0.6 is 0 Å². The molecule has 0 amide bonds. The summed E-state index contributed by atoms with van der Waals surface area (Å²) in [6, 6.07) is 1.84. The average molecular weight is 261 g/mol. The number of aromatic nitrogens is 4. The Morgan fingerprint density at radius 1 is 1.53 bits per heavy atom. The molecule has 2 heterocycles. The molecule has 2 rings (SSSR count). The highest BCUT2D eigenvalue weighted by molar-refractivity contribution is 5.88. The minimum Gasteiger partial charge on any atom is -0.478 e. The molecule has 0 unspecified atom stereocenters. The summed E-state index contributed by atoms with van der Waals surface area (Å²) in [4.78, 5) is 19.0. The number of hydrogen-bond acceptors (Lipinski definition) is 5. The van der Waals surface area contributed by atoms with Crippen LogP contribution in [0.4, 0.5) is 5.95 Å². The number of carboxylic acids is 1. The van der Waals surface area contributed by atoms with Gasteiger partial charge >= 0.3 is 5.97 Å². The monoisotopic (exact) mass is 261 g/mol. The summed E-state index contributed by atoms with van der Waals surface area (Å²) in [5.74, 6) is -0.637. The normalized spacial score (nSPS) is 12.2. The zero-order chi connectivity index (χ0) is 14.0. The highest BCUT2D eigenvalue weighted by Crippen LogP contribution is 2.15. The first-order chi connectivity index (χ1) is 8.97. The van der Waals surface area contributed by atoms with Gasteiger partial charge in [-0.1, -0.05) is 0 Å². The lowest BCUT2D eigenvalue weighted by Gasteiger charge is -2.12. The van der Waals surface area contributed by atoms with Crippen LogP contribution in [0.15, 0.2) is 18.5 Å². The second kappa shape index (κ2) is 5.05. The third-order valence-corrected chi connectivity index (χ3v) is 2.73. The first-order valence-electron chi connectivity index (χ1n) is 5.80. The number of carbonyl (C=O) groups is 1. The fourth-order valence-electron chi connectivity index (χ4n) is 1.68. The smallest absolute Gasteiger partial charge is 0.339 e. The lowest BCUT2D eigenvalue weighted by molar-refractivity contribution is 0.0695. The molecule has 0 aliphatic rings. The van der Waals surface area contributed by atoms with E-state index in [9.17, 15) is 4.79 Å². The Kier molecular flexibility index (Phi) is 3.46. The highest BCUT2D eigenvalue weighted by atomic mass is 16.4. The van der Waals surface area contributed by atoms with Gasteiger partial charge in [-0.15, -0.1) is 0 Å². The van der Waals surface area contributed by atoms with Crippen LogP contribution in [0.5, 0.6) is 0 Å². The molecule has 0 spiro atoms. The summed E-state index contributed by atoms with van der Waals surface area (Å²) in [5.41, 5.74) is 1.40. The maximum absolute atomic E-state index is 10.9. The van der Waals surface area contributed by atoms with E-state index in [0.717, 1.165) is 5.69 Å². The van der Waals surface area contributed by atoms with Gasteiger partial charge < -0.3 is 10.4 Å². The first kappa shape index (κ1) is 13.0. The van der Waals surface area contributed by atoms with E-state index in [4.69, 9.17) is 5.11 Å². The number of rotatable bonds is 4. The molecule has 0 radical (unpaired) electrons. The van der Waals surface area contributed by atoms with Gasteiger partial charge in [-0.05, 0) is 19.9 Å². The Morgan fingerprint density at radius 3 is 2.79 bits per heavy atom. The van der Waals surface area contributed by atoms with E-state index < -0.39 is 5.97 Å². The summed E-state index contributed by atoms with van der Waals surface area (Å²) in [7, 11) is 1.85. The summed E-state index contributed by atoms with van der Waals surface area (Å²) in [5, 5.41) is 16.3. The van der Waals surface area contributed by atoms with E-state index in [-0.39, 0.29) is 11.6 Å². The van der Waals surface area contributed by atoms with Crippen LogP contribution in [-0.2, 0) is 7.05 Å². The summed E-state index contributed by atoms with van der Waals surface area (Å²) < 4.78 is 1.72. The van der Waals surface area contributed by atoms with Gasteiger partial charge in [-0.2, -0.15) is 5.10 Å². The van der Waals surface area contributed by atoms with Crippen LogP contribution in [0.3, 0.4) is 0 Å². The Bertz CT molecular complexity index is 608. The Balaban J connectivity index is 2.15. The van der Waals surface area contributed by atoms with E-state index in [1.807, 2.05) is 26.2 Å². The standard InChI is InChI=1S/C12H15N5O2/c1-7-9(11(18)19)6-13-12(14-7)15-8(2)10-4-5-17(3)16-10/h4-6,8H,1-3H3,(H,18,19)(H,13,14,15)/t8-/m0/s1. The third kappa shape index (κ3) is 2.87. The van der Waals surface area contributed by atoms with Crippen molar-refractivity contribution in [2.24, 2.45) is 7.05 Å². The molecule has 7 heteroatoms. The predicted octanol–water partition coefficient (Wildman–Crippen LogP) is 1.39. The van der Waals surface area contributed by atoms with Crippen molar-refractivity contribution >= 4 is 11.9 Å². The summed E-state index contributed by atoms with van der Waals surface area (Å²) in [6.07, 6.45) is 3.16. The van der Waals surface area contributed by atoms with Gasteiger partial charge in [0.2, 0.25) is 5.95 Å². The molecule has 0 bridgehead atoms. The number of hydrogen-bond donors (Lipinski definition) is 2. The molecule has 0 saturated heterocycles. The van der Waals surface area contributed by atoms with E-state index in [2.05, 4.69) is 20.4 Å². The number of nitrogens with zero attached hydrogens (tertiary/aromatic N) is 4. The molecule has 2 aromatic rings. The number of carboxylic acid groups (broad SMARTS) is 1. The van der Waals surface area contributed by atoms with E-state index in [1.165, 1.54) is 6.20 Å². The van der Waals surface area contributed by atoms with Gasteiger partial charge in [-0.3, -0.25) is 4.68 Å². The van der Waals surface area contributed by atoms with Crippen LogP contribution in [0.25, 0.3) is 0 Å². The Morgan fingerprint density at radius 2 is 2.26 bits per heavy atom. The molecule has 2 aromatic heterocycles. The molecule has 7 nitrogen and oxygen atoms in total. The fourth-order valence-corrected chi connectivity index (χ4v) is 1.68. The molecular weight excluding hydrogens is 246 g/mol. The lowest BCUT2D eigenvalue weighted by atomic mass is 10.2. The first-order valence-corrected chi connectivity index (χ1v) is 5.80. The van der Waals surface area contributed by atoms with Crippen molar-refractivity contribution in [3.05, 3.63) is 35.4 Å². The van der Waals surface area contributed by atoms with Crippen LogP contribution in [0, 0.1) is 6.92 Å². The van der Waals surface area contributed by atoms with Gasteiger partial charge in [-0.25, -0.2) is 14.8 Å². The molecule has 0 aliphatic carbocycles. The molecule has 0 aliphatic heterocycles. The van der Waals surface area contributed by atoms with E-state index in [0.29, 0.717) is 11.6 Å². The topological polar surface area (TPSA) is 92.9 Å². The zero-order valence-electron chi connectivity index (χ0n) is 11.0. The van der Waals surface area contributed by atoms with Crippen LogP contribution in [-0.4, -0.2) is 30.8 Å². The number of aryl methyl sites for hydroxylation is 2. The van der Waals surface area contributed by atoms with E-state index >= 15 is 0 Å². The number of nitrogens with one attached hydrogen (secondary N) is 1. The van der Waals surface area contributed by atoms with Crippen molar-refractivity contribution in [1.82, 2.24) is 19.7 Å². The maximum Gasteiger partial charge on any atom is 0.339 e. The maximum atomic E-state index is 10.9. The number of anilines is 1. The molecule has 0 saturated carbocycles. The van der Waals surface area contributed by atoms with Crippen molar-refractivity contribution in [2.75, 3.05) is 5.32 Å². The average Bonchev–Trinajstić information content (AvgIpc) is 2.75. The molecule has 19 heavy (non-hydrogen) atoms. The second-order valence-corrected chi connectivity index (χ2v) is 4.28. The molecule has 0 fully saturated rings. The van der Waals surface area contributed by atoms with Crippen molar-refractivity contribution < 1.29 is 9.90 Å². The fraction of sp³-hybridized carbons (Fsp3) is 0.333. The van der Waals surface area contributed by atoms with Crippen LogP contribution in [0.2, 0.25) is 0 Å². The molecule has 0 aromatic carbocycles. The molecular formula is C12H15N5O2. The van der Waals surface area contributed by atoms with Crippen molar-refractivity contribution in [1.29, 1.82) is 0 Å². The zero-order valence-corrected chi connectivity index (χ0v) is 11.0. The largest absolute Gasteiger partial charge is 0.478 e. The van der Waals surface area contributed by atoms with Crippen LogP contribution < -0.4 is 5.32 Å². The second-order valence-electron chi connectivity index (χ2n) is 4.28. The Labute approximate surface area is 110 Å². The lowest BCUT2D eigenvalue weighted by Crippen LogP contribution is -2.12. The minimum absolute atomic E-state index is 0.0590. The summed E-state index contributed by atoms with van der Waals surface area (Å²) >= 11 is 0. The Hall–Kier alpha value is -2.44. The van der Waals surface area contributed by atoms with Gasteiger partial charge in [0.1, 0.15) is 0 Å². The van der Waals surface area contributed by atoms with Crippen molar-refractivity contribution in [2.45, 2.75) is 19.9 Å².